The van der Waals surface area contributed by atoms with Crippen molar-refractivity contribution in [3.05, 3.63) is 62.3 Å². The second-order valence-corrected chi connectivity index (χ2v) is 5.65. The Kier molecular flexibility index (Phi) is 4.64. The maximum atomic E-state index is 13.7. The highest BCUT2D eigenvalue weighted by Gasteiger charge is 2.08. The van der Waals surface area contributed by atoms with E-state index in [1.807, 2.05) is 18.2 Å². The highest BCUT2D eigenvalue weighted by molar-refractivity contribution is 9.10. The van der Waals surface area contributed by atoms with Crippen molar-refractivity contribution < 1.29 is 4.39 Å². The van der Waals surface area contributed by atoms with Crippen LogP contribution >= 0.6 is 27.5 Å². The van der Waals surface area contributed by atoms with Gasteiger partial charge >= 0.3 is 0 Å². The van der Waals surface area contributed by atoms with Gasteiger partial charge in [0.15, 0.2) is 0 Å². The molecule has 1 N–H and O–H groups in total. The minimum absolute atomic E-state index is 0.288. The summed E-state index contributed by atoms with van der Waals surface area (Å²) >= 11 is 9.49. The Morgan fingerprint density at radius 3 is 2.80 bits per heavy atom. The molecule has 0 bridgehead atoms. The topological polar surface area (TPSA) is 35.8 Å². The van der Waals surface area contributed by atoms with Crippen LogP contribution in [0.5, 0.6) is 0 Å². The van der Waals surface area contributed by atoms with Gasteiger partial charge in [0.25, 0.3) is 0 Å². The summed E-state index contributed by atoms with van der Waals surface area (Å²) < 4.78 is 14.6. The largest absolute Gasteiger partial charge is 0.381 e. The second-order valence-electron chi connectivity index (χ2n) is 4.33. The summed E-state index contributed by atoms with van der Waals surface area (Å²) in [4.78, 5) is 0. The summed E-state index contributed by atoms with van der Waals surface area (Å²) in [5.74, 6) is -0.396. The van der Waals surface area contributed by atoms with Crippen molar-refractivity contribution in [1.82, 2.24) is 0 Å². The van der Waals surface area contributed by atoms with Gasteiger partial charge in [-0.2, -0.15) is 5.26 Å². The van der Waals surface area contributed by atoms with E-state index in [1.165, 1.54) is 6.07 Å². The Balaban J connectivity index is 2.25. The zero-order valence-corrected chi connectivity index (χ0v) is 13.0. The molecule has 0 saturated heterocycles. The molecule has 0 aliphatic carbocycles. The fraction of sp³-hybridized carbons (Fsp3) is 0.133. The molecule has 0 heterocycles. The van der Waals surface area contributed by atoms with Crippen LogP contribution in [0.15, 0.2) is 34.8 Å². The molecule has 0 atom stereocenters. The first-order valence-electron chi connectivity index (χ1n) is 5.89. The zero-order chi connectivity index (χ0) is 14.7. The lowest BCUT2D eigenvalue weighted by atomic mass is 10.1. The molecule has 0 unspecified atom stereocenters. The normalized spacial score (nSPS) is 10.2. The molecule has 0 amide bonds. The third-order valence-corrected chi connectivity index (χ3v) is 3.81. The number of nitriles is 1. The van der Waals surface area contributed by atoms with Crippen molar-refractivity contribution in [2.45, 2.75) is 13.5 Å². The fourth-order valence-corrected chi connectivity index (χ4v) is 2.39. The molecule has 0 aromatic heterocycles. The van der Waals surface area contributed by atoms with Gasteiger partial charge in [-0.3, -0.25) is 0 Å². The van der Waals surface area contributed by atoms with Crippen LogP contribution in [0, 0.1) is 24.1 Å². The smallest absolute Gasteiger partial charge is 0.129 e. The molecule has 0 aliphatic rings. The van der Waals surface area contributed by atoms with Crippen LogP contribution in [-0.2, 0) is 6.54 Å². The second kappa shape index (κ2) is 6.25. The van der Waals surface area contributed by atoms with Gasteiger partial charge in [-0.15, -0.1) is 0 Å². The summed E-state index contributed by atoms with van der Waals surface area (Å²) in [5, 5.41) is 12.6. The molecule has 2 aromatic carbocycles. The Bertz CT molecular complexity index is 695. The maximum Gasteiger partial charge on any atom is 0.129 e. The summed E-state index contributed by atoms with van der Waals surface area (Å²) in [7, 11) is 0. The first kappa shape index (κ1) is 14.8. The van der Waals surface area contributed by atoms with E-state index < -0.39 is 5.82 Å². The van der Waals surface area contributed by atoms with E-state index in [0.717, 1.165) is 10.0 Å². The quantitative estimate of drug-likeness (QED) is 0.839. The van der Waals surface area contributed by atoms with Crippen molar-refractivity contribution >= 4 is 33.2 Å². The number of rotatable bonds is 3. The number of anilines is 1. The van der Waals surface area contributed by atoms with Crippen molar-refractivity contribution in [2.75, 3.05) is 5.32 Å². The van der Waals surface area contributed by atoms with Gasteiger partial charge in [-0.05, 0) is 42.8 Å². The van der Waals surface area contributed by atoms with Crippen LogP contribution in [-0.4, -0.2) is 0 Å². The number of nitrogens with one attached hydrogen (secondary N) is 1. The Morgan fingerprint density at radius 2 is 2.10 bits per heavy atom. The van der Waals surface area contributed by atoms with Crippen LogP contribution < -0.4 is 5.32 Å². The van der Waals surface area contributed by atoms with Gasteiger partial charge in [0, 0.05) is 27.3 Å². The average molecular weight is 354 g/mol. The highest BCUT2D eigenvalue weighted by Crippen LogP contribution is 2.24. The highest BCUT2D eigenvalue weighted by atomic mass is 79.9. The lowest BCUT2D eigenvalue weighted by Gasteiger charge is -2.12. The molecular formula is C15H11BrClFN2. The number of benzene rings is 2. The molecule has 5 heteroatoms. The molecule has 0 aliphatic heterocycles. The van der Waals surface area contributed by atoms with Crippen LogP contribution in [0.2, 0.25) is 5.02 Å². The van der Waals surface area contributed by atoms with E-state index in [1.54, 1.807) is 19.1 Å². The Morgan fingerprint density at radius 1 is 1.35 bits per heavy atom. The fourth-order valence-electron chi connectivity index (χ4n) is 1.80. The minimum atomic E-state index is -0.396. The van der Waals surface area contributed by atoms with Crippen LogP contribution in [0.4, 0.5) is 10.1 Å². The number of hydrogen-bond acceptors (Lipinski definition) is 2. The Labute approximate surface area is 130 Å². The molecule has 2 aromatic rings. The van der Waals surface area contributed by atoms with E-state index in [0.29, 0.717) is 22.8 Å². The summed E-state index contributed by atoms with van der Waals surface area (Å²) in [6, 6.07) is 10.3. The van der Waals surface area contributed by atoms with Gasteiger partial charge < -0.3 is 5.32 Å². The molecule has 0 radical (unpaired) electrons. The number of nitrogens with zero attached hydrogens (tertiary/aromatic N) is 1. The van der Waals surface area contributed by atoms with Gasteiger partial charge in [0.2, 0.25) is 0 Å². The molecule has 2 rings (SSSR count). The lowest BCUT2D eigenvalue weighted by molar-refractivity contribution is 0.618. The third kappa shape index (κ3) is 3.30. The summed E-state index contributed by atoms with van der Waals surface area (Å²) in [6.07, 6.45) is 0. The monoisotopic (exact) mass is 352 g/mol. The lowest BCUT2D eigenvalue weighted by Crippen LogP contribution is -2.03. The third-order valence-electron chi connectivity index (χ3n) is 2.95. The standard InChI is InChI=1S/C15H11BrClFN2/c1-9-14(18)4-10(7-19)5-15(9)20-8-11-6-12(16)2-3-13(11)17/h2-6,20H,8H2,1H3. The minimum Gasteiger partial charge on any atom is -0.381 e. The first-order chi connectivity index (χ1) is 9.51. The number of hydrogen-bond donors (Lipinski definition) is 1. The van der Waals surface area contributed by atoms with E-state index in [9.17, 15) is 4.39 Å². The SMILES string of the molecule is Cc1c(F)cc(C#N)cc1NCc1cc(Br)ccc1Cl. The summed E-state index contributed by atoms with van der Waals surface area (Å²) in [5.41, 5.74) is 2.26. The Hall–Kier alpha value is -1.57. The van der Waals surface area contributed by atoms with Crippen molar-refractivity contribution in [3.8, 4) is 6.07 Å². The van der Waals surface area contributed by atoms with E-state index in [2.05, 4.69) is 21.2 Å². The molecule has 20 heavy (non-hydrogen) atoms. The molecule has 0 spiro atoms. The van der Waals surface area contributed by atoms with Crippen LogP contribution in [0.25, 0.3) is 0 Å². The van der Waals surface area contributed by atoms with E-state index >= 15 is 0 Å². The van der Waals surface area contributed by atoms with Crippen molar-refractivity contribution in [1.29, 1.82) is 5.26 Å². The summed E-state index contributed by atoms with van der Waals surface area (Å²) in [6.45, 7) is 2.12. The first-order valence-corrected chi connectivity index (χ1v) is 7.06. The van der Waals surface area contributed by atoms with E-state index in [-0.39, 0.29) is 5.56 Å². The van der Waals surface area contributed by atoms with Gasteiger partial charge in [-0.25, -0.2) is 4.39 Å². The molecular weight excluding hydrogens is 343 g/mol. The van der Waals surface area contributed by atoms with Crippen LogP contribution in [0.1, 0.15) is 16.7 Å². The van der Waals surface area contributed by atoms with E-state index in [4.69, 9.17) is 16.9 Å². The van der Waals surface area contributed by atoms with Crippen LogP contribution in [0.3, 0.4) is 0 Å². The van der Waals surface area contributed by atoms with Gasteiger partial charge in [0.1, 0.15) is 5.82 Å². The average Bonchev–Trinajstić information content (AvgIpc) is 2.43. The van der Waals surface area contributed by atoms with Crippen molar-refractivity contribution in [2.24, 2.45) is 0 Å². The predicted molar refractivity (Wildman–Crippen MR) is 82.3 cm³/mol. The van der Waals surface area contributed by atoms with Gasteiger partial charge in [-0.1, -0.05) is 27.5 Å². The van der Waals surface area contributed by atoms with Crippen molar-refractivity contribution in [3.63, 3.8) is 0 Å². The predicted octanol–water partition coefficient (Wildman–Crippen LogP) is 5.03. The molecule has 0 saturated carbocycles. The number of halogens is 3. The molecule has 102 valence electrons. The van der Waals surface area contributed by atoms with Gasteiger partial charge in [0.05, 0.1) is 11.6 Å². The zero-order valence-electron chi connectivity index (χ0n) is 10.7. The molecule has 0 fully saturated rings. The molecule has 2 nitrogen and oxygen atoms in total. The maximum absolute atomic E-state index is 13.7.